The molecule has 0 bridgehead atoms. The Morgan fingerprint density at radius 3 is 2.41 bits per heavy atom. The number of methoxy groups -OCH3 is 1. The summed E-state index contributed by atoms with van der Waals surface area (Å²) in [6.45, 7) is 4.12. The van der Waals surface area contributed by atoms with E-state index in [1.165, 1.54) is 11.1 Å². The summed E-state index contributed by atoms with van der Waals surface area (Å²) in [5, 5.41) is 0. The third kappa shape index (κ3) is 3.72. The normalized spacial score (nSPS) is 14.8. The van der Waals surface area contributed by atoms with Crippen molar-refractivity contribution >= 4 is 0 Å². The molecule has 0 aromatic heterocycles. The van der Waals surface area contributed by atoms with Crippen LogP contribution >= 0.6 is 0 Å². The zero-order valence-corrected chi connectivity index (χ0v) is 11.5. The first kappa shape index (κ1) is 14.0. The third-order valence-electron chi connectivity index (χ3n) is 3.02. The molecule has 1 aromatic rings. The smallest absolute Gasteiger partial charge is 0.121 e. The lowest BCUT2D eigenvalue weighted by Crippen LogP contribution is -2.27. The molecule has 0 spiro atoms. The summed E-state index contributed by atoms with van der Waals surface area (Å²) >= 11 is 0. The predicted molar refractivity (Wildman–Crippen MR) is 72.4 cm³/mol. The van der Waals surface area contributed by atoms with Gasteiger partial charge < -0.3 is 15.4 Å². The topological polar surface area (TPSA) is 38.5 Å². The standard InChI is InChI=1S/C14H24N2O/c1-10-8-12(6-7-14(10)17-5)13(16(3)4)9-11(2)15/h6-8,11,13H,9,15H2,1-5H3. The van der Waals surface area contributed by atoms with E-state index in [-0.39, 0.29) is 6.04 Å². The van der Waals surface area contributed by atoms with Gasteiger partial charge in [-0.3, -0.25) is 0 Å². The Balaban J connectivity index is 2.98. The fraction of sp³-hybridized carbons (Fsp3) is 0.571. The number of rotatable bonds is 5. The first-order valence-electron chi connectivity index (χ1n) is 6.02. The van der Waals surface area contributed by atoms with E-state index in [2.05, 4.69) is 38.1 Å². The van der Waals surface area contributed by atoms with E-state index in [1.807, 2.05) is 13.0 Å². The van der Waals surface area contributed by atoms with Crippen molar-refractivity contribution in [2.75, 3.05) is 21.2 Å². The van der Waals surface area contributed by atoms with Gasteiger partial charge in [0, 0.05) is 12.1 Å². The predicted octanol–water partition coefficient (Wildman–Crippen LogP) is 2.34. The molecule has 1 rings (SSSR count). The van der Waals surface area contributed by atoms with Gasteiger partial charge in [-0.15, -0.1) is 0 Å². The van der Waals surface area contributed by atoms with Gasteiger partial charge in [0.1, 0.15) is 5.75 Å². The molecule has 0 saturated carbocycles. The molecule has 0 aliphatic carbocycles. The van der Waals surface area contributed by atoms with Crippen LogP contribution in [0, 0.1) is 6.92 Å². The second-order valence-corrected chi connectivity index (χ2v) is 4.92. The van der Waals surface area contributed by atoms with Gasteiger partial charge in [-0.1, -0.05) is 12.1 Å². The third-order valence-corrected chi connectivity index (χ3v) is 3.02. The fourth-order valence-electron chi connectivity index (χ4n) is 2.11. The van der Waals surface area contributed by atoms with E-state index >= 15 is 0 Å². The van der Waals surface area contributed by atoms with Gasteiger partial charge in [0.25, 0.3) is 0 Å². The number of ether oxygens (including phenoxy) is 1. The van der Waals surface area contributed by atoms with Crippen molar-refractivity contribution in [2.24, 2.45) is 5.73 Å². The van der Waals surface area contributed by atoms with Crippen LogP contribution in [0.2, 0.25) is 0 Å². The summed E-state index contributed by atoms with van der Waals surface area (Å²) < 4.78 is 5.28. The Morgan fingerprint density at radius 1 is 1.35 bits per heavy atom. The minimum Gasteiger partial charge on any atom is -0.496 e. The first-order chi connectivity index (χ1) is 7.95. The van der Waals surface area contributed by atoms with Crippen LogP contribution in [0.25, 0.3) is 0 Å². The zero-order chi connectivity index (χ0) is 13.0. The second kappa shape index (κ2) is 6.03. The summed E-state index contributed by atoms with van der Waals surface area (Å²) in [5.74, 6) is 0.937. The Hall–Kier alpha value is -1.06. The van der Waals surface area contributed by atoms with E-state index in [9.17, 15) is 0 Å². The Morgan fingerprint density at radius 2 is 2.00 bits per heavy atom. The number of aryl methyl sites for hydroxylation is 1. The summed E-state index contributed by atoms with van der Waals surface area (Å²) in [6, 6.07) is 6.90. The van der Waals surface area contributed by atoms with Crippen LogP contribution in [0.5, 0.6) is 5.75 Å². The molecule has 0 amide bonds. The Labute approximate surface area is 105 Å². The second-order valence-electron chi connectivity index (χ2n) is 4.92. The number of hydrogen-bond acceptors (Lipinski definition) is 3. The first-order valence-corrected chi connectivity index (χ1v) is 6.02. The maximum atomic E-state index is 5.91. The fourth-order valence-corrected chi connectivity index (χ4v) is 2.11. The lowest BCUT2D eigenvalue weighted by atomic mass is 9.97. The van der Waals surface area contributed by atoms with E-state index in [1.54, 1.807) is 7.11 Å². The molecule has 17 heavy (non-hydrogen) atoms. The summed E-state index contributed by atoms with van der Waals surface area (Å²) in [5.41, 5.74) is 8.38. The molecule has 96 valence electrons. The lowest BCUT2D eigenvalue weighted by Gasteiger charge is -2.27. The minimum atomic E-state index is 0.199. The SMILES string of the molecule is COc1ccc(C(CC(C)N)N(C)C)cc1C. The highest BCUT2D eigenvalue weighted by molar-refractivity contribution is 5.37. The van der Waals surface area contributed by atoms with Crippen molar-refractivity contribution in [1.82, 2.24) is 4.90 Å². The van der Waals surface area contributed by atoms with Crippen LogP contribution in [0.3, 0.4) is 0 Å². The van der Waals surface area contributed by atoms with Crippen LogP contribution in [0.4, 0.5) is 0 Å². The van der Waals surface area contributed by atoms with Crippen molar-refractivity contribution in [2.45, 2.75) is 32.4 Å². The number of benzene rings is 1. The minimum absolute atomic E-state index is 0.199. The van der Waals surface area contributed by atoms with Crippen LogP contribution < -0.4 is 10.5 Å². The molecule has 2 atom stereocenters. The average molecular weight is 236 g/mol. The summed E-state index contributed by atoms with van der Waals surface area (Å²) in [4.78, 5) is 2.21. The van der Waals surface area contributed by atoms with Crippen LogP contribution in [0.1, 0.15) is 30.5 Å². The van der Waals surface area contributed by atoms with E-state index in [4.69, 9.17) is 10.5 Å². The van der Waals surface area contributed by atoms with E-state index in [0.29, 0.717) is 6.04 Å². The van der Waals surface area contributed by atoms with Crippen molar-refractivity contribution in [1.29, 1.82) is 0 Å². The Bertz CT molecular complexity index is 361. The monoisotopic (exact) mass is 236 g/mol. The summed E-state index contributed by atoms with van der Waals surface area (Å²) in [6.07, 6.45) is 0.957. The number of nitrogens with two attached hydrogens (primary N) is 1. The Kier molecular flexibility index (Phi) is 4.97. The largest absolute Gasteiger partial charge is 0.496 e. The van der Waals surface area contributed by atoms with Gasteiger partial charge in [0.2, 0.25) is 0 Å². The van der Waals surface area contributed by atoms with Crippen molar-refractivity contribution < 1.29 is 4.74 Å². The van der Waals surface area contributed by atoms with E-state index in [0.717, 1.165) is 12.2 Å². The van der Waals surface area contributed by atoms with Crippen molar-refractivity contribution in [3.8, 4) is 5.75 Å². The number of hydrogen-bond donors (Lipinski definition) is 1. The van der Waals surface area contributed by atoms with Crippen molar-refractivity contribution in [3.05, 3.63) is 29.3 Å². The van der Waals surface area contributed by atoms with Gasteiger partial charge in [-0.25, -0.2) is 0 Å². The molecule has 3 nitrogen and oxygen atoms in total. The quantitative estimate of drug-likeness (QED) is 0.853. The van der Waals surface area contributed by atoms with Gasteiger partial charge in [-0.2, -0.15) is 0 Å². The van der Waals surface area contributed by atoms with Gasteiger partial charge >= 0.3 is 0 Å². The molecule has 1 aromatic carbocycles. The van der Waals surface area contributed by atoms with Gasteiger partial charge in [0.05, 0.1) is 7.11 Å². The van der Waals surface area contributed by atoms with Crippen LogP contribution in [0.15, 0.2) is 18.2 Å². The molecule has 0 aliphatic heterocycles. The maximum absolute atomic E-state index is 5.91. The molecule has 2 unspecified atom stereocenters. The maximum Gasteiger partial charge on any atom is 0.121 e. The lowest BCUT2D eigenvalue weighted by molar-refractivity contribution is 0.272. The molecule has 3 heteroatoms. The average Bonchev–Trinajstić information content (AvgIpc) is 2.25. The molecule has 0 saturated heterocycles. The summed E-state index contributed by atoms with van der Waals surface area (Å²) in [7, 11) is 5.88. The van der Waals surface area contributed by atoms with E-state index < -0.39 is 0 Å². The highest BCUT2D eigenvalue weighted by Crippen LogP contribution is 2.27. The van der Waals surface area contributed by atoms with Crippen molar-refractivity contribution in [3.63, 3.8) is 0 Å². The van der Waals surface area contributed by atoms with Crippen LogP contribution in [-0.4, -0.2) is 32.1 Å². The molecule has 0 radical (unpaired) electrons. The highest BCUT2D eigenvalue weighted by Gasteiger charge is 2.16. The molecule has 0 fully saturated rings. The van der Waals surface area contributed by atoms with Gasteiger partial charge in [0.15, 0.2) is 0 Å². The van der Waals surface area contributed by atoms with Gasteiger partial charge in [-0.05, 0) is 51.6 Å². The van der Waals surface area contributed by atoms with Crippen LogP contribution in [-0.2, 0) is 0 Å². The molecule has 0 heterocycles. The molecule has 2 N–H and O–H groups in total. The highest BCUT2D eigenvalue weighted by atomic mass is 16.5. The zero-order valence-electron chi connectivity index (χ0n) is 11.5. The number of nitrogens with zero attached hydrogens (tertiary/aromatic N) is 1. The molecular weight excluding hydrogens is 212 g/mol. The molecular formula is C14H24N2O. The molecule has 0 aliphatic rings.